The fraction of sp³-hybridized carbons (Fsp3) is 1.00. The summed E-state index contributed by atoms with van der Waals surface area (Å²) in [6.45, 7) is 7.46. The number of aliphatic hydroxyl groups is 7. The number of hydrogen-bond acceptors (Lipinski definition) is 8. The minimum atomic E-state index is -2.29. The summed E-state index contributed by atoms with van der Waals surface area (Å²) in [5.74, 6) is -3.11. The summed E-state index contributed by atoms with van der Waals surface area (Å²) in [5, 5.41) is 82.2. The standard InChI is InChI=1S/C21H34O8/c1-10(2)19(27)13(24)16(9-22)14(4)8-18(26)15(19,5)21(16,28)20(29-18)12(23)11(3)6-7-17(14,20)25/h10-13,22-28H,6-9H2,1-5H3/t11?,12?,13?,14-,15?,16+,17+,18?,19?,20?,21?/m1/s1. The van der Waals surface area contributed by atoms with Crippen LogP contribution in [0.3, 0.4) is 0 Å². The minimum Gasteiger partial charge on any atom is -0.396 e. The molecule has 2 saturated heterocycles. The van der Waals surface area contributed by atoms with Gasteiger partial charge in [0, 0.05) is 11.8 Å². The molecule has 4 saturated carbocycles. The average molecular weight is 414 g/mol. The molecule has 6 aliphatic rings. The third kappa shape index (κ3) is 1.25. The zero-order valence-electron chi connectivity index (χ0n) is 17.7. The largest absolute Gasteiger partial charge is 0.396 e. The van der Waals surface area contributed by atoms with Crippen LogP contribution in [0.15, 0.2) is 0 Å². The molecular weight excluding hydrogens is 380 g/mol. The van der Waals surface area contributed by atoms with Gasteiger partial charge >= 0.3 is 0 Å². The van der Waals surface area contributed by atoms with Crippen LogP contribution in [0.4, 0.5) is 0 Å². The number of hydrogen-bond donors (Lipinski definition) is 7. The van der Waals surface area contributed by atoms with Gasteiger partial charge in [0.15, 0.2) is 11.4 Å². The Balaban J connectivity index is 1.99. The smallest absolute Gasteiger partial charge is 0.178 e. The van der Waals surface area contributed by atoms with Crippen LogP contribution in [0, 0.1) is 28.1 Å². The fourth-order valence-corrected chi connectivity index (χ4v) is 9.43. The van der Waals surface area contributed by atoms with Gasteiger partial charge in [0.25, 0.3) is 0 Å². The molecule has 7 N–H and O–H groups in total. The summed E-state index contributed by atoms with van der Waals surface area (Å²) < 4.78 is 6.17. The van der Waals surface area contributed by atoms with Crippen molar-refractivity contribution in [1.29, 1.82) is 0 Å². The Kier molecular flexibility index (Phi) is 3.34. The van der Waals surface area contributed by atoms with Gasteiger partial charge in [-0.2, -0.15) is 0 Å². The lowest BCUT2D eigenvalue weighted by Crippen LogP contribution is -2.75. The number of aliphatic hydroxyl groups excluding tert-OH is 3. The van der Waals surface area contributed by atoms with Crippen molar-refractivity contribution in [2.45, 2.75) is 94.3 Å². The van der Waals surface area contributed by atoms with Crippen molar-refractivity contribution in [3.05, 3.63) is 0 Å². The van der Waals surface area contributed by atoms with Crippen LogP contribution in [-0.4, -0.2) is 82.8 Å². The number of ether oxygens (including phenoxy) is 1. The van der Waals surface area contributed by atoms with E-state index in [1.165, 1.54) is 6.92 Å². The molecule has 8 nitrogen and oxygen atoms in total. The molecule has 8 unspecified atom stereocenters. The van der Waals surface area contributed by atoms with Crippen LogP contribution in [0.2, 0.25) is 0 Å². The lowest BCUT2D eigenvalue weighted by Gasteiger charge is -2.61. The summed E-state index contributed by atoms with van der Waals surface area (Å²) in [6, 6.07) is 0. The molecule has 0 aromatic rings. The second-order valence-corrected chi connectivity index (χ2v) is 11.3. The van der Waals surface area contributed by atoms with Crippen LogP contribution in [-0.2, 0) is 4.74 Å². The maximum Gasteiger partial charge on any atom is 0.178 e. The van der Waals surface area contributed by atoms with Crippen LogP contribution in [0.1, 0.15) is 53.9 Å². The van der Waals surface area contributed by atoms with Crippen molar-refractivity contribution in [3.8, 4) is 0 Å². The average Bonchev–Trinajstić information content (AvgIpc) is 2.87. The van der Waals surface area contributed by atoms with E-state index in [2.05, 4.69) is 0 Å². The molecule has 0 aromatic heterocycles. The molecule has 166 valence electrons. The maximum absolute atomic E-state index is 12.6. The zero-order valence-corrected chi connectivity index (χ0v) is 17.7. The maximum atomic E-state index is 12.6. The summed E-state index contributed by atoms with van der Waals surface area (Å²) in [7, 11) is 0. The number of rotatable bonds is 2. The van der Waals surface area contributed by atoms with Gasteiger partial charge in [0.05, 0.1) is 29.6 Å². The Morgan fingerprint density at radius 1 is 1.07 bits per heavy atom. The van der Waals surface area contributed by atoms with E-state index in [0.29, 0.717) is 6.42 Å². The quantitative estimate of drug-likeness (QED) is 0.300. The van der Waals surface area contributed by atoms with E-state index in [-0.39, 0.29) is 18.8 Å². The van der Waals surface area contributed by atoms with Crippen molar-refractivity contribution in [3.63, 3.8) is 0 Å². The van der Waals surface area contributed by atoms with Crippen molar-refractivity contribution < 1.29 is 40.5 Å². The molecule has 1 spiro atoms. The lowest BCUT2D eigenvalue weighted by atomic mass is 9.48. The minimum absolute atomic E-state index is 0.171. The summed E-state index contributed by atoms with van der Waals surface area (Å²) >= 11 is 0. The van der Waals surface area contributed by atoms with E-state index >= 15 is 0 Å². The predicted octanol–water partition coefficient (Wildman–Crippen LogP) is -1.13. The third-order valence-electron chi connectivity index (χ3n) is 10.9. The summed E-state index contributed by atoms with van der Waals surface area (Å²) in [4.78, 5) is 0. The van der Waals surface area contributed by atoms with Crippen molar-refractivity contribution in [2.24, 2.45) is 28.1 Å². The Hall–Kier alpha value is -0.320. The van der Waals surface area contributed by atoms with Crippen LogP contribution in [0.5, 0.6) is 0 Å². The third-order valence-corrected chi connectivity index (χ3v) is 10.9. The molecule has 29 heavy (non-hydrogen) atoms. The van der Waals surface area contributed by atoms with Crippen molar-refractivity contribution in [2.75, 3.05) is 6.61 Å². The van der Waals surface area contributed by atoms with E-state index in [1.807, 2.05) is 0 Å². The van der Waals surface area contributed by atoms with Gasteiger partial charge in [-0.25, -0.2) is 0 Å². The van der Waals surface area contributed by atoms with E-state index in [9.17, 15) is 35.7 Å². The molecule has 11 atom stereocenters. The Morgan fingerprint density at radius 3 is 2.17 bits per heavy atom. The first-order valence-electron chi connectivity index (χ1n) is 10.7. The van der Waals surface area contributed by atoms with Gasteiger partial charge in [0.2, 0.25) is 0 Å². The van der Waals surface area contributed by atoms with Crippen LogP contribution in [0.25, 0.3) is 0 Å². The monoisotopic (exact) mass is 414 g/mol. The van der Waals surface area contributed by atoms with E-state index < -0.39 is 69.2 Å². The van der Waals surface area contributed by atoms with E-state index in [4.69, 9.17) is 4.74 Å². The Labute approximate surface area is 170 Å². The normalized spacial score (nSPS) is 70.0. The van der Waals surface area contributed by atoms with Crippen molar-refractivity contribution >= 4 is 0 Å². The second-order valence-electron chi connectivity index (χ2n) is 11.3. The molecule has 2 heterocycles. The Bertz CT molecular complexity index is 806. The highest BCUT2D eigenvalue weighted by Gasteiger charge is 3.09. The molecule has 6 fully saturated rings. The van der Waals surface area contributed by atoms with E-state index in [0.717, 1.165) is 0 Å². The highest BCUT2D eigenvalue weighted by Crippen LogP contribution is 2.92. The molecule has 0 radical (unpaired) electrons. The first-order chi connectivity index (χ1) is 13.1. The highest BCUT2D eigenvalue weighted by atomic mass is 16.7. The van der Waals surface area contributed by atoms with Crippen LogP contribution < -0.4 is 0 Å². The zero-order chi connectivity index (χ0) is 21.8. The van der Waals surface area contributed by atoms with Crippen LogP contribution >= 0.6 is 0 Å². The summed E-state index contributed by atoms with van der Waals surface area (Å²) in [6.07, 6.45) is -2.59. The molecule has 0 aromatic carbocycles. The molecule has 4 aliphatic carbocycles. The van der Waals surface area contributed by atoms with Crippen molar-refractivity contribution in [1.82, 2.24) is 0 Å². The first kappa shape index (κ1) is 20.6. The molecule has 6 bridgehead atoms. The van der Waals surface area contributed by atoms with Gasteiger partial charge in [-0.05, 0) is 31.6 Å². The van der Waals surface area contributed by atoms with E-state index in [1.54, 1.807) is 27.7 Å². The summed E-state index contributed by atoms with van der Waals surface area (Å²) in [5.41, 5.74) is -13.3. The first-order valence-corrected chi connectivity index (χ1v) is 10.7. The molecule has 0 amide bonds. The fourth-order valence-electron chi connectivity index (χ4n) is 9.43. The predicted molar refractivity (Wildman–Crippen MR) is 99.2 cm³/mol. The van der Waals surface area contributed by atoms with Gasteiger partial charge in [0.1, 0.15) is 16.8 Å². The molecule has 6 rings (SSSR count). The van der Waals surface area contributed by atoms with Gasteiger partial charge in [-0.1, -0.05) is 27.7 Å². The van der Waals surface area contributed by atoms with Gasteiger partial charge in [-0.3, -0.25) is 0 Å². The molecular formula is C21H34O8. The lowest BCUT2D eigenvalue weighted by molar-refractivity contribution is -0.388. The second kappa shape index (κ2) is 4.71. The molecule has 2 aliphatic heterocycles. The topological polar surface area (TPSA) is 151 Å². The highest BCUT2D eigenvalue weighted by molar-refractivity contribution is 5.55. The van der Waals surface area contributed by atoms with Gasteiger partial charge < -0.3 is 40.5 Å². The van der Waals surface area contributed by atoms with Gasteiger partial charge in [-0.15, -0.1) is 0 Å². The Morgan fingerprint density at radius 2 is 1.66 bits per heavy atom. The molecule has 8 heteroatoms. The SMILES string of the molecule is CC1CC[C@@]2(O)C3(OC4(O)C[C@]2(C)[C@]2(CO)C(O)C(O)(C(C)C)C4(C)C32O)C1O.